The van der Waals surface area contributed by atoms with Gasteiger partial charge in [-0.1, -0.05) is 11.1 Å². The van der Waals surface area contributed by atoms with E-state index in [-0.39, 0.29) is 24.7 Å². The Hall–Kier alpha value is -1.32. The number of hydrogen-bond donors (Lipinski definition) is 2. The normalized spacial score (nSPS) is 16.3. The topological polar surface area (TPSA) is 86.2 Å². The van der Waals surface area contributed by atoms with Crippen molar-refractivity contribution in [2.45, 2.75) is 32.1 Å². The number of carbonyl (C=O) groups is 2. The summed E-state index contributed by atoms with van der Waals surface area (Å²) >= 11 is 0. The summed E-state index contributed by atoms with van der Waals surface area (Å²) in [6.45, 7) is 0. The second-order valence-corrected chi connectivity index (χ2v) is 3.35. The van der Waals surface area contributed by atoms with Crippen LogP contribution in [0.1, 0.15) is 32.1 Å². The Labute approximate surface area is 77.0 Å². The molecule has 0 fully saturated rings. The van der Waals surface area contributed by atoms with Gasteiger partial charge >= 0.3 is 0 Å². The Morgan fingerprint density at radius 3 is 1.69 bits per heavy atom. The van der Waals surface area contributed by atoms with E-state index in [1.807, 2.05) is 0 Å². The van der Waals surface area contributed by atoms with E-state index in [0.29, 0.717) is 0 Å². The molecule has 72 valence electrons. The van der Waals surface area contributed by atoms with Crippen LogP contribution in [0.5, 0.6) is 0 Å². The van der Waals surface area contributed by atoms with E-state index in [0.717, 1.165) is 30.4 Å². The standard InChI is InChI=1S/C9H14N2O2/c10-8(12)4-6-2-1-3-7(6)5-9(11)13/h1-5H2,(H2,10,12)(H2,11,13). The molecule has 0 saturated carbocycles. The monoisotopic (exact) mass is 182 g/mol. The van der Waals surface area contributed by atoms with Crippen molar-refractivity contribution in [3.63, 3.8) is 0 Å². The average Bonchev–Trinajstić information content (AvgIpc) is 2.34. The van der Waals surface area contributed by atoms with Gasteiger partial charge in [-0.3, -0.25) is 9.59 Å². The number of amides is 2. The molecule has 0 aliphatic heterocycles. The average molecular weight is 182 g/mol. The maximum atomic E-state index is 10.7. The fourth-order valence-electron chi connectivity index (χ4n) is 1.72. The summed E-state index contributed by atoms with van der Waals surface area (Å²) in [5, 5.41) is 0. The highest BCUT2D eigenvalue weighted by molar-refractivity contribution is 5.79. The zero-order valence-electron chi connectivity index (χ0n) is 7.51. The summed E-state index contributed by atoms with van der Waals surface area (Å²) in [6.07, 6.45) is 3.33. The van der Waals surface area contributed by atoms with Gasteiger partial charge in [-0.25, -0.2) is 0 Å². The first kappa shape index (κ1) is 9.77. The zero-order chi connectivity index (χ0) is 9.84. The van der Waals surface area contributed by atoms with Gasteiger partial charge in [0.1, 0.15) is 0 Å². The van der Waals surface area contributed by atoms with E-state index in [1.54, 1.807) is 0 Å². The molecule has 1 rings (SSSR count). The van der Waals surface area contributed by atoms with Crippen molar-refractivity contribution in [2.75, 3.05) is 0 Å². The maximum Gasteiger partial charge on any atom is 0.221 e. The van der Waals surface area contributed by atoms with Crippen molar-refractivity contribution in [2.24, 2.45) is 11.5 Å². The number of nitrogens with two attached hydrogens (primary N) is 2. The highest BCUT2D eigenvalue weighted by atomic mass is 16.1. The summed E-state index contributed by atoms with van der Waals surface area (Å²) in [5.74, 6) is -0.669. The van der Waals surface area contributed by atoms with E-state index >= 15 is 0 Å². The molecule has 13 heavy (non-hydrogen) atoms. The molecule has 4 heteroatoms. The molecule has 1 aliphatic rings. The van der Waals surface area contributed by atoms with Crippen LogP contribution in [0.2, 0.25) is 0 Å². The van der Waals surface area contributed by atoms with Crippen LogP contribution in [-0.4, -0.2) is 11.8 Å². The van der Waals surface area contributed by atoms with Gasteiger partial charge in [0.05, 0.1) is 0 Å². The van der Waals surface area contributed by atoms with Crippen molar-refractivity contribution < 1.29 is 9.59 Å². The summed E-state index contributed by atoms with van der Waals surface area (Å²) in [4.78, 5) is 21.3. The van der Waals surface area contributed by atoms with Gasteiger partial charge in [-0.2, -0.15) is 0 Å². The lowest BCUT2D eigenvalue weighted by Crippen LogP contribution is -2.14. The quantitative estimate of drug-likeness (QED) is 0.609. The van der Waals surface area contributed by atoms with Crippen LogP contribution in [0.25, 0.3) is 0 Å². The van der Waals surface area contributed by atoms with E-state index in [2.05, 4.69) is 0 Å². The predicted octanol–water partition coefficient (Wildman–Crippen LogP) is 0.218. The molecule has 0 atom stereocenters. The fourth-order valence-corrected chi connectivity index (χ4v) is 1.72. The first-order valence-electron chi connectivity index (χ1n) is 4.36. The first-order valence-corrected chi connectivity index (χ1v) is 4.36. The minimum atomic E-state index is -0.334. The van der Waals surface area contributed by atoms with Gasteiger partial charge < -0.3 is 11.5 Å². The lowest BCUT2D eigenvalue weighted by molar-refractivity contribution is -0.118. The third-order valence-corrected chi connectivity index (χ3v) is 2.23. The van der Waals surface area contributed by atoms with E-state index in [4.69, 9.17) is 11.5 Å². The van der Waals surface area contributed by atoms with E-state index in [9.17, 15) is 9.59 Å². The van der Waals surface area contributed by atoms with Crippen LogP contribution < -0.4 is 11.5 Å². The summed E-state index contributed by atoms with van der Waals surface area (Å²) in [6, 6.07) is 0. The highest BCUT2D eigenvalue weighted by Gasteiger charge is 2.17. The lowest BCUT2D eigenvalue weighted by atomic mass is 10.1. The Balaban J connectivity index is 2.65. The smallest absolute Gasteiger partial charge is 0.221 e. The van der Waals surface area contributed by atoms with Crippen molar-refractivity contribution in [3.05, 3.63) is 11.1 Å². The van der Waals surface area contributed by atoms with E-state index in [1.165, 1.54) is 0 Å². The molecule has 4 nitrogen and oxygen atoms in total. The van der Waals surface area contributed by atoms with Gasteiger partial charge in [0.15, 0.2) is 0 Å². The molecule has 2 amide bonds. The summed E-state index contributed by atoms with van der Waals surface area (Å²) < 4.78 is 0. The van der Waals surface area contributed by atoms with Crippen LogP contribution in [0.4, 0.5) is 0 Å². The van der Waals surface area contributed by atoms with Crippen LogP contribution in [0, 0.1) is 0 Å². The van der Waals surface area contributed by atoms with Crippen molar-refractivity contribution in [1.82, 2.24) is 0 Å². The molecule has 0 spiro atoms. The van der Waals surface area contributed by atoms with E-state index < -0.39 is 0 Å². The molecule has 0 saturated heterocycles. The third-order valence-electron chi connectivity index (χ3n) is 2.23. The second kappa shape index (κ2) is 4.07. The molecule has 0 heterocycles. The molecular weight excluding hydrogens is 168 g/mol. The molecule has 0 aromatic carbocycles. The van der Waals surface area contributed by atoms with Crippen LogP contribution in [0.15, 0.2) is 11.1 Å². The maximum absolute atomic E-state index is 10.7. The molecule has 4 N–H and O–H groups in total. The first-order chi connectivity index (χ1) is 6.09. The molecular formula is C9H14N2O2. The number of rotatable bonds is 4. The number of primary amides is 2. The Morgan fingerprint density at radius 1 is 1.00 bits per heavy atom. The lowest BCUT2D eigenvalue weighted by Gasteiger charge is -2.02. The van der Waals surface area contributed by atoms with Gasteiger partial charge in [-0.15, -0.1) is 0 Å². The molecule has 0 aromatic rings. The molecule has 0 bridgehead atoms. The summed E-state index contributed by atoms with van der Waals surface area (Å²) in [5.41, 5.74) is 12.2. The van der Waals surface area contributed by atoms with Crippen molar-refractivity contribution >= 4 is 11.8 Å². The summed E-state index contributed by atoms with van der Waals surface area (Å²) in [7, 11) is 0. The predicted molar refractivity (Wildman–Crippen MR) is 48.5 cm³/mol. The van der Waals surface area contributed by atoms with Crippen molar-refractivity contribution in [1.29, 1.82) is 0 Å². The Kier molecular flexibility index (Phi) is 3.06. The van der Waals surface area contributed by atoms with Crippen LogP contribution in [0.3, 0.4) is 0 Å². The number of carbonyl (C=O) groups excluding carboxylic acids is 2. The van der Waals surface area contributed by atoms with Gasteiger partial charge in [0, 0.05) is 12.8 Å². The SMILES string of the molecule is NC(=O)CC1=C(CC(N)=O)CCC1. The Bertz CT molecular complexity index is 243. The minimum absolute atomic E-state index is 0.280. The van der Waals surface area contributed by atoms with Gasteiger partial charge in [0.2, 0.25) is 11.8 Å². The highest BCUT2D eigenvalue weighted by Crippen LogP contribution is 2.29. The number of hydrogen-bond acceptors (Lipinski definition) is 2. The Morgan fingerprint density at radius 2 is 1.38 bits per heavy atom. The molecule has 0 unspecified atom stereocenters. The van der Waals surface area contributed by atoms with Crippen molar-refractivity contribution in [3.8, 4) is 0 Å². The zero-order valence-corrected chi connectivity index (χ0v) is 7.51. The fraction of sp³-hybridized carbons (Fsp3) is 0.556. The molecule has 0 radical (unpaired) electrons. The van der Waals surface area contributed by atoms with Crippen LogP contribution in [-0.2, 0) is 9.59 Å². The molecule has 1 aliphatic carbocycles. The van der Waals surface area contributed by atoms with Gasteiger partial charge in [-0.05, 0) is 19.3 Å². The van der Waals surface area contributed by atoms with Gasteiger partial charge in [0.25, 0.3) is 0 Å². The second-order valence-electron chi connectivity index (χ2n) is 3.35. The molecule has 0 aromatic heterocycles. The minimum Gasteiger partial charge on any atom is -0.369 e. The van der Waals surface area contributed by atoms with Crippen LogP contribution >= 0.6 is 0 Å². The third kappa shape index (κ3) is 2.89. The largest absolute Gasteiger partial charge is 0.369 e.